The Kier molecular flexibility index (Phi) is 4.78. The second kappa shape index (κ2) is 4.97. The zero-order valence-corrected chi connectivity index (χ0v) is 10.8. The summed E-state index contributed by atoms with van der Waals surface area (Å²) >= 11 is 0. The number of rotatable bonds is 4. The van der Waals surface area contributed by atoms with Crippen molar-refractivity contribution in [2.75, 3.05) is 6.61 Å². The molecule has 0 bridgehead atoms. The second-order valence-electron chi connectivity index (χ2n) is 6.01. The molecule has 1 atom stereocenters. The van der Waals surface area contributed by atoms with Gasteiger partial charge in [-0.15, -0.1) is 0 Å². The number of carbonyl (C=O) groups is 1. The van der Waals surface area contributed by atoms with Crippen molar-refractivity contribution in [3.8, 4) is 0 Å². The van der Waals surface area contributed by atoms with Gasteiger partial charge in [-0.25, -0.2) is 0 Å². The van der Waals surface area contributed by atoms with E-state index in [2.05, 4.69) is 0 Å². The van der Waals surface area contributed by atoms with Gasteiger partial charge in [0.15, 0.2) is 0 Å². The van der Waals surface area contributed by atoms with Crippen LogP contribution in [0, 0.1) is 11.3 Å². The Bertz CT molecular complexity index is 208. The smallest absolute Gasteiger partial charge is 0.307 e. The highest BCUT2D eigenvalue weighted by molar-refractivity contribution is 5.70. The molecule has 0 aliphatic heterocycles. The molecule has 0 amide bonds. The molecule has 0 aromatic carbocycles. The summed E-state index contributed by atoms with van der Waals surface area (Å²) in [5.74, 6) is -1.08. The number of hydrogen-bond donors (Lipinski definition) is 1. The molecule has 15 heavy (non-hydrogen) atoms. The van der Waals surface area contributed by atoms with Crippen LogP contribution in [0.1, 0.15) is 48.0 Å². The molecule has 1 N–H and O–H groups in total. The lowest BCUT2D eigenvalue weighted by atomic mass is 9.79. The van der Waals surface area contributed by atoms with E-state index < -0.39 is 5.97 Å². The number of hydrogen-bond acceptors (Lipinski definition) is 2. The van der Waals surface area contributed by atoms with Gasteiger partial charge in [-0.3, -0.25) is 4.79 Å². The van der Waals surface area contributed by atoms with Crippen LogP contribution >= 0.6 is 0 Å². The molecule has 0 saturated carbocycles. The minimum Gasteiger partial charge on any atom is -0.481 e. The van der Waals surface area contributed by atoms with Crippen LogP contribution < -0.4 is 0 Å². The SMILES string of the molecule is CC(C)(C)OCCC(C(=O)O)C(C)(C)C. The fourth-order valence-corrected chi connectivity index (χ4v) is 1.41. The van der Waals surface area contributed by atoms with Crippen molar-refractivity contribution in [1.29, 1.82) is 0 Å². The summed E-state index contributed by atoms with van der Waals surface area (Å²) in [6.07, 6.45) is 0.566. The average Bonchev–Trinajstić information content (AvgIpc) is 1.92. The first-order valence-corrected chi connectivity index (χ1v) is 5.41. The third kappa shape index (κ3) is 6.50. The van der Waals surface area contributed by atoms with E-state index in [4.69, 9.17) is 9.84 Å². The second-order valence-corrected chi connectivity index (χ2v) is 6.01. The minimum absolute atomic E-state index is 0.194. The molecule has 0 aliphatic carbocycles. The topological polar surface area (TPSA) is 46.5 Å². The lowest BCUT2D eigenvalue weighted by Crippen LogP contribution is -2.31. The maximum absolute atomic E-state index is 11.0. The van der Waals surface area contributed by atoms with Gasteiger partial charge in [0.25, 0.3) is 0 Å². The van der Waals surface area contributed by atoms with E-state index in [1.807, 2.05) is 41.5 Å². The highest BCUT2D eigenvalue weighted by Crippen LogP contribution is 2.29. The Morgan fingerprint density at radius 2 is 1.67 bits per heavy atom. The molecule has 0 radical (unpaired) electrons. The first-order valence-electron chi connectivity index (χ1n) is 5.41. The fourth-order valence-electron chi connectivity index (χ4n) is 1.41. The molecule has 0 fully saturated rings. The van der Waals surface area contributed by atoms with Gasteiger partial charge in [0, 0.05) is 6.61 Å². The van der Waals surface area contributed by atoms with Crippen molar-refractivity contribution < 1.29 is 14.6 Å². The van der Waals surface area contributed by atoms with Gasteiger partial charge in [0.05, 0.1) is 11.5 Å². The van der Waals surface area contributed by atoms with Crippen molar-refractivity contribution in [3.05, 3.63) is 0 Å². The van der Waals surface area contributed by atoms with Crippen molar-refractivity contribution in [2.45, 2.75) is 53.6 Å². The maximum Gasteiger partial charge on any atom is 0.307 e. The van der Waals surface area contributed by atoms with Crippen LogP contribution in [0.3, 0.4) is 0 Å². The fraction of sp³-hybridized carbons (Fsp3) is 0.917. The van der Waals surface area contributed by atoms with E-state index in [0.29, 0.717) is 13.0 Å². The van der Waals surface area contributed by atoms with Crippen LogP contribution in [0.5, 0.6) is 0 Å². The summed E-state index contributed by atoms with van der Waals surface area (Å²) < 4.78 is 5.54. The molecule has 90 valence electrons. The zero-order valence-electron chi connectivity index (χ0n) is 10.8. The standard InChI is InChI=1S/C12H24O3/c1-11(2,3)9(10(13)14)7-8-15-12(4,5)6/h9H,7-8H2,1-6H3,(H,13,14). The Morgan fingerprint density at radius 1 is 1.20 bits per heavy atom. The molecule has 3 nitrogen and oxygen atoms in total. The minimum atomic E-state index is -0.736. The number of carboxylic acids is 1. The highest BCUT2D eigenvalue weighted by Gasteiger charge is 2.31. The highest BCUT2D eigenvalue weighted by atomic mass is 16.5. The summed E-state index contributed by atoms with van der Waals surface area (Å²) in [6.45, 7) is 12.3. The van der Waals surface area contributed by atoms with Crippen LogP contribution in [0.15, 0.2) is 0 Å². The Balaban J connectivity index is 4.17. The van der Waals surface area contributed by atoms with E-state index in [-0.39, 0.29) is 16.9 Å². The van der Waals surface area contributed by atoms with E-state index >= 15 is 0 Å². The molecule has 0 rings (SSSR count). The monoisotopic (exact) mass is 216 g/mol. The van der Waals surface area contributed by atoms with Gasteiger partial charge in [-0.05, 0) is 32.6 Å². The number of ether oxygens (including phenoxy) is 1. The molecule has 1 unspecified atom stereocenters. The molecule has 0 aliphatic rings. The van der Waals surface area contributed by atoms with Gasteiger partial charge in [-0.1, -0.05) is 20.8 Å². The normalized spacial score (nSPS) is 15.1. The van der Waals surface area contributed by atoms with Gasteiger partial charge >= 0.3 is 5.97 Å². The van der Waals surface area contributed by atoms with Crippen LogP contribution in [0.2, 0.25) is 0 Å². The Labute approximate surface area is 92.8 Å². The van der Waals surface area contributed by atoms with E-state index in [1.54, 1.807) is 0 Å². The molecular formula is C12H24O3. The van der Waals surface area contributed by atoms with Crippen molar-refractivity contribution in [3.63, 3.8) is 0 Å². The molecule has 0 aromatic rings. The zero-order chi connectivity index (χ0) is 12.3. The molecule has 0 spiro atoms. The summed E-state index contributed by atoms with van der Waals surface area (Å²) in [7, 11) is 0. The van der Waals surface area contributed by atoms with E-state index in [9.17, 15) is 4.79 Å². The van der Waals surface area contributed by atoms with E-state index in [1.165, 1.54) is 0 Å². The average molecular weight is 216 g/mol. The van der Waals surface area contributed by atoms with Crippen LogP contribution in [0.4, 0.5) is 0 Å². The van der Waals surface area contributed by atoms with Gasteiger partial charge in [0.1, 0.15) is 0 Å². The Hall–Kier alpha value is -0.570. The van der Waals surface area contributed by atoms with Gasteiger partial charge in [-0.2, -0.15) is 0 Å². The van der Waals surface area contributed by atoms with Crippen molar-refractivity contribution in [2.24, 2.45) is 11.3 Å². The number of carboxylic acid groups (broad SMARTS) is 1. The molecule has 0 aromatic heterocycles. The first kappa shape index (κ1) is 14.4. The largest absolute Gasteiger partial charge is 0.481 e. The Morgan fingerprint density at radius 3 is 1.93 bits per heavy atom. The van der Waals surface area contributed by atoms with Gasteiger partial charge in [0.2, 0.25) is 0 Å². The third-order valence-corrected chi connectivity index (χ3v) is 2.29. The third-order valence-electron chi connectivity index (χ3n) is 2.29. The summed E-state index contributed by atoms with van der Waals surface area (Å²) in [6, 6.07) is 0. The molecule has 0 saturated heterocycles. The van der Waals surface area contributed by atoms with Crippen LogP contribution in [-0.2, 0) is 9.53 Å². The van der Waals surface area contributed by atoms with Crippen molar-refractivity contribution in [1.82, 2.24) is 0 Å². The lowest BCUT2D eigenvalue weighted by Gasteiger charge is -2.28. The van der Waals surface area contributed by atoms with Crippen LogP contribution in [-0.4, -0.2) is 23.3 Å². The predicted octanol–water partition coefficient (Wildman–Crippen LogP) is 2.94. The summed E-state index contributed by atoms with van der Waals surface area (Å²) in [5, 5.41) is 9.08. The molecular weight excluding hydrogens is 192 g/mol. The summed E-state index contributed by atoms with van der Waals surface area (Å²) in [4.78, 5) is 11.0. The first-order chi connectivity index (χ1) is 6.54. The van der Waals surface area contributed by atoms with E-state index in [0.717, 1.165) is 0 Å². The van der Waals surface area contributed by atoms with Crippen molar-refractivity contribution >= 4 is 5.97 Å². The number of aliphatic carboxylic acids is 1. The quantitative estimate of drug-likeness (QED) is 0.786. The molecule has 3 heteroatoms. The summed E-state index contributed by atoms with van der Waals surface area (Å²) in [5.41, 5.74) is -0.409. The maximum atomic E-state index is 11.0. The van der Waals surface area contributed by atoms with Crippen LogP contribution in [0.25, 0.3) is 0 Å². The predicted molar refractivity (Wildman–Crippen MR) is 60.9 cm³/mol. The lowest BCUT2D eigenvalue weighted by molar-refractivity contribution is -0.147. The molecule has 0 heterocycles. The van der Waals surface area contributed by atoms with Gasteiger partial charge < -0.3 is 9.84 Å².